The Balaban J connectivity index is 1.84. The number of ether oxygens (including phenoxy) is 2. The third kappa shape index (κ3) is 4.68. The van der Waals surface area contributed by atoms with Gasteiger partial charge < -0.3 is 9.47 Å². The maximum Gasteiger partial charge on any atom is 0.133 e. The van der Waals surface area contributed by atoms with Crippen LogP contribution in [0.3, 0.4) is 0 Å². The minimum Gasteiger partial charge on any atom is -0.496 e. The van der Waals surface area contributed by atoms with Gasteiger partial charge in [-0.2, -0.15) is 0 Å². The zero-order chi connectivity index (χ0) is 15.2. The van der Waals surface area contributed by atoms with Gasteiger partial charge in [-0.05, 0) is 72.2 Å². The monoisotopic (exact) mass is 356 g/mol. The van der Waals surface area contributed by atoms with E-state index in [9.17, 15) is 0 Å². The third-order valence-corrected chi connectivity index (χ3v) is 4.77. The van der Waals surface area contributed by atoms with E-state index in [0.29, 0.717) is 12.1 Å². The summed E-state index contributed by atoms with van der Waals surface area (Å²) in [5.41, 5.74) is 4.21. The molecule has 0 heterocycles. The van der Waals surface area contributed by atoms with Gasteiger partial charge in [0.05, 0.1) is 17.7 Å². The zero-order valence-electron chi connectivity index (χ0n) is 12.8. The van der Waals surface area contributed by atoms with E-state index >= 15 is 0 Å². The minimum atomic E-state index is 0.304. The first-order valence-corrected chi connectivity index (χ1v) is 8.35. The van der Waals surface area contributed by atoms with Crippen LogP contribution in [-0.4, -0.2) is 25.9 Å². The molecular formula is C16H25BrN2O2. The van der Waals surface area contributed by atoms with Gasteiger partial charge in [0.2, 0.25) is 0 Å². The summed E-state index contributed by atoms with van der Waals surface area (Å²) in [5, 5.41) is 0. The van der Waals surface area contributed by atoms with Crippen molar-refractivity contribution < 1.29 is 9.47 Å². The Labute approximate surface area is 135 Å². The lowest BCUT2D eigenvalue weighted by Crippen LogP contribution is -2.42. The molecule has 0 radical (unpaired) electrons. The van der Waals surface area contributed by atoms with Crippen molar-refractivity contribution in [2.45, 2.75) is 44.8 Å². The molecule has 1 aromatic carbocycles. The Kier molecular flexibility index (Phi) is 6.48. The van der Waals surface area contributed by atoms with E-state index in [2.05, 4.69) is 40.4 Å². The predicted octanol–water partition coefficient (Wildman–Crippen LogP) is 3.04. The van der Waals surface area contributed by atoms with Crippen molar-refractivity contribution in [2.24, 2.45) is 11.8 Å². The summed E-state index contributed by atoms with van der Waals surface area (Å²) in [4.78, 5) is 0. The van der Waals surface area contributed by atoms with Crippen LogP contribution < -0.4 is 16.0 Å². The van der Waals surface area contributed by atoms with Crippen molar-refractivity contribution in [3.05, 3.63) is 28.2 Å². The van der Waals surface area contributed by atoms with Crippen LogP contribution in [0.15, 0.2) is 22.7 Å². The summed E-state index contributed by atoms with van der Waals surface area (Å²) in [6, 6.07) is 6.49. The smallest absolute Gasteiger partial charge is 0.133 e. The zero-order valence-corrected chi connectivity index (χ0v) is 14.4. The highest BCUT2D eigenvalue weighted by Crippen LogP contribution is 2.34. The molecule has 1 aliphatic carbocycles. The molecule has 1 aromatic rings. The van der Waals surface area contributed by atoms with Gasteiger partial charge in [0.25, 0.3) is 0 Å². The highest BCUT2D eigenvalue weighted by Gasteiger charge is 2.31. The molecule has 0 saturated heterocycles. The molecule has 1 unspecified atom stereocenters. The predicted molar refractivity (Wildman–Crippen MR) is 88.3 cm³/mol. The SMILES string of the molecule is CCOC1CC(CC(Cc2ccc(OC)c(Br)c2)NN)C1. The van der Waals surface area contributed by atoms with Crippen molar-refractivity contribution in [1.82, 2.24) is 5.43 Å². The van der Waals surface area contributed by atoms with Crippen LogP contribution in [0.2, 0.25) is 0 Å². The number of rotatable bonds is 8. The van der Waals surface area contributed by atoms with Crippen molar-refractivity contribution in [3.8, 4) is 5.75 Å². The second-order valence-corrected chi connectivity index (χ2v) is 6.54. The maximum atomic E-state index is 5.72. The van der Waals surface area contributed by atoms with E-state index in [0.717, 1.165) is 35.6 Å². The number of halogens is 1. The Hall–Kier alpha value is -0.620. The van der Waals surface area contributed by atoms with Gasteiger partial charge in [-0.15, -0.1) is 0 Å². The Morgan fingerprint density at radius 2 is 2.19 bits per heavy atom. The van der Waals surface area contributed by atoms with Gasteiger partial charge in [0, 0.05) is 12.6 Å². The summed E-state index contributed by atoms with van der Waals surface area (Å²) in [7, 11) is 1.68. The lowest BCUT2D eigenvalue weighted by atomic mass is 9.77. The second kappa shape index (κ2) is 8.13. The Bertz CT molecular complexity index is 450. The third-order valence-electron chi connectivity index (χ3n) is 4.15. The molecule has 4 nitrogen and oxygen atoms in total. The number of hydrazine groups is 1. The molecule has 1 fully saturated rings. The van der Waals surface area contributed by atoms with E-state index in [1.54, 1.807) is 7.11 Å². The molecule has 3 N–H and O–H groups in total. The molecule has 21 heavy (non-hydrogen) atoms. The molecule has 0 spiro atoms. The first-order chi connectivity index (χ1) is 10.2. The van der Waals surface area contributed by atoms with E-state index in [1.807, 2.05) is 6.07 Å². The highest BCUT2D eigenvalue weighted by atomic mass is 79.9. The van der Waals surface area contributed by atoms with Gasteiger partial charge in [-0.3, -0.25) is 11.3 Å². The molecule has 0 aromatic heterocycles. The second-order valence-electron chi connectivity index (χ2n) is 5.69. The summed E-state index contributed by atoms with van der Waals surface area (Å²) in [5.74, 6) is 7.30. The number of nitrogens with one attached hydrogen (secondary N) is 1. The number of methoxy groups -OCH3 is 1. The van der Waals surface area contributed by atoms with Crippen LogP contribution in [0.1, 0.15) is 31.7 Å². The first-order valence-electron chi connectivity index (χ1n) is 7.56. The minimum absolute atomic E-state index is 0.304. The van der Waals surface area contributed by atoms with E-state index in [1.165, 1.54) is 18.4 Å². The molecule has 1 aliphatic rings. The number of hydrogen-bond donors (Lipinski definition) is 2. The molecule has 2 rings (SSSR count). The number of hydrogen-bond acceptors (Lipinski definition) is 4. The Morgan fingerprint density at radius 3 is 2.76 bits per heavy atom. The standard InChI is InChI=1S/C16H25BrN2O2/c1-3-21-14-8-12(9-14)7-13(19-18)6-11-4-5-16(20-2)15(17)10-11/h4-5,10,12-14,19H,3,6-9,18H2,1-2H3. The van der Waals surface area contributed by atoms with E-state index < -0.39 is 0 Å². The van der Waals surface area contributed by atoms with Gasteiger partial charge in [-0.25, -0.2) is 0 Å². The Morgan fingerprint density at radius 1 is 1.43 bits per heavy atom. The quantitative estimate of drug-likeness (QED) is 0.555. The van der Waals surface area contributed by atoms with Gasteiger partial charge in [-0.1, -0.05) is 6.07 Å². The lowest BCUT2D eigenvalue weighted by Gasteiger charge is -2.37. The molecular weight excluding hydrogens is 332 g/mol. The average Bonchev–Trinajstić information content (AvgIpc) is 2.44. The summed E-state index contributed by atoms with van der Waals surface area (Å²) < 4.78 is 11.9. The number of nitrogens with two attached hydrogens (primary N) is 1. The van der Waals surface area contributed by atoms with Crippen LogP contribution in [0.25, 0.3) is 0 Å². The molecule has 0 bridgehead atoms. The molecule has 118 valence electrons. The fraction of sp³-hybridized carbons (Fsp3) is 0.625. The van der Waals surface area contributed by atoms with Crippen LogP contribution in [0, 0.1) is 5.92 Å². The highest BCUT2D eigenvalue weighted by molar-refractivity contribution is 9.10. The fourth-order valence-electron chi connectivity index (χ4n) is 2.97. The number of benzene rings is 1. The molecule has 5 heteroatoms. The average molecular weight is 357 g/mol. The molecule has 1 saturated carbocycles. The van der Waals surface area contributed by atoms with Crippen LogP contribution in [0.4, 0.5) is 0 Å². The molecule has 0 aliphatic heterocycles. The van der Waals surface area contributed by atoms with Crippen molar-refractivity contribution in [2.75, 3.05) is 13.7 Å². The summed E-state index contributed by atoms with van der Waals surface area (Å²) in [6.07, 6.45) is 4.82. The van der Waals surface area contributed by atoms with Gasteiger partial charge >= 0.3 is 0 Å². The summed E-state index contributed by atoms with van der Waals surface area (Å²) in [6.45, 7) is 2.87. The molecule has 1 atom stereocenters. The van der Waals surface area contributed by atoms with Crippen LogP contribution in [0.5, 0.6) is 5.75 Å². The largest absolute Gasteiger partial charge is 0.496 e. The topological polar surface area (TPSA) is 56.5 Å². The van der Waals surface area contributed by atoms with E-state index in [-0.39, 0.29) is 0 Å². The summed E-state index contributed by atoms with van der Waals surface area (Å²) >= 11 is 3.53. The van der Waals surface area contributed by atoms with Crippen molar-refractivity contribution in [3.63, 3.8) is 0 Å². The lowest BCUT2D eigenvalue weighted by molar-refractivity contribution is -0.0290. The first kappa shape index (κ1) is 16.7. The van der Waals surface area contributed by atoms with Crippen LogP contribution >= 0.6 is 15.9 Å². The van der Waals surface area contributed by atoms with Crippen molar-refractivity contribution in [1.29, 1.82) is 0 Å². The maximum absolute atomic E-state index is 5.72. The normalized spacial score (nSPS) is 22.7. The van der Waals surface area contributed by atoms with E-state index in [4.69, 9.17) is 15.3 Å². The van der Waals surface area contributed by atoms with Crippen molar-refractivity contribution >= 4 is 15.9 Å². The fourth-order valence-corrected chi connectivity index (χ4v) is 3.56. The van der Waals surface area contributed by atoms with Gasteiger partial charge in [0.1, 0.15) is 5.75 Å². The molecule has 0 amide bonds. The van der Waals surface area contributed by atoms with Crippen LogP contribution in [-0.2, 0) is 11.2 Å². The van der Waals surface area contributed by atoms with Gasteiger partial charge in [0.15, 0.2) is 0 Å².